The van der Waals surface area contributed by atoms with Gasteiger partial charge in [-0.2, -0.15) is 0 Å². The van der Waals surface area contributed by atoms with Crippen LogP contribution in [-0.2, 0) is 11.4 Å². The van der Waals surface area contributed by atoms with Crippen molar-refractivity contribution in [1.29, 1.82) is 0 Å². The number of carbonyl (C=O) groups is 3. The Balaban J connectivity index is 1.45. The Labute approximate surface area is 250 Å². The molecular weight excluding hydrogens is 568 g/mol. The quantitative estimate of drug-likeness (QED) is 0.186. The third-order valence-corrected chi connectivity index (χ3v) is 8.40. The monoisotopic (exact) mass is 594 g/mol. The molecule has 43 heavy (non-hydrogen) atoms. The summed E-state index contributed by atoms with van der Waals surface area (Å²) in [4.78, 5) is 46.1. The highest BCUT2D eigenvalue weighted by atomic mass is 32.1. The topological polar surface area (TPSA) is 119 Å². The molecule has 0 spiro atoms. The molecule has 216 valence electrons. The van der Waals surface area contributed by atoms with Gasteiger partial charge in [-0.15, -0.1) is 0 Å². The third kappa shape index (κ3) is 5.06. The van der Waals surface area contributed by atoms with Crippen LogP contribution in [0.25, 0.3) is 11.0 Å². The lowest BCUT2D eigenvalue weighted by Crippen LogP contribution is -2.31. The summed E-state index contributed by atoms with van der Waals surface area (Å²) >= 11 is 1.02. The second-order valence-electron chi connectivity index (χ2n) is 9.97. The summed E-state index contributed by atoms with van der Waals surface area (Å²) in [6.45, 7) is 3.39. The van der Waals surface area contributed by atoms with Gasteiger partial charge in [0.25, 0.3) is 5.91 Å². The number of amides is 1. The van der Waals surface area contributed by atoms with Crippen LogP contribution < -0.4 is 14.4 Å². The number of methoxy groups -OCH3 is 1. The summed E-state index contributed by atoms with van der Waals surface area (Å²) < 4.78 is 17.3. The Hall–Kier alpha value is -5.22. The molecule has 1 aliphatic heterocycles. The first-order valence-electron chi connectivity index (χ1n) is 13.4. The van der Waals surface area contributed by atoms with Crippen molar-refractivity contribution in [3.8, 4) is 11.5 Å². The van der Waals surface area contributed by atoms with Crippen molar-refractivity contribution in [2.24, 2.45) is 0 Å². The Morgan fingerprint density at radius 3 is 2.53 bits per heavy atom. The van der Waals surface area contributed by atoms with Crippen LogP contribution in [0.1, 0.15) is 50.0 Å². The predicted octanol–water partition coefficient (Wildman–Crippen LogP) is 6.77. The number of aliphatic hydroxyl groups excluding tert-OH is 1. The van der Waals surface area contributed by atoms with Crippen LogP contribution in [0.5, 0.6) is 11.5 Å². The van der Waals surface area contributed by atoms with Gasteiger partial charge in [0.1, 0.15) is 12.4 Å². The van der Waals surface area contributed by atoms with E-state index in [1.165, 1.54) is 18.9 Å². The number of carbonyl (C=O) groups excluding carboxylic acids is 3. The number of nitrogens with zero attached hydrogens (tertiary/aromatic N) is 2. The fourth-order valence-corrected chi connectivity index (χ4v) is 6.11. The number of ketones is 2. The van der Waals surface area contributed by atoms with E-state index in [4.69, 9.17) is 13.9 Å². The average Bonchev–Trinajstić information content (AvgIpc) is 3.70. The molecule has 0 radical (unpaired) electrons. The highest BCUT2D eigenvalue weighted by Gasteiger charge is 2.47. The second kappa shape index (κ2) is 11.2. The van der Waals surface area contributed by atoms with E-state index >= 15 is 0 Å². The lowest BCUT2D eigenvalue weighted by atomic mass is 9.95. The van der Waals surface area contributed by atoms with E-state index in [2.05, 4.69) is 4.98 Å². The smallest absolute Gasteiger partial charge is 0.296 e. The Morgan fingerprint density at radius 1 is 1.05 bits per heavy atom. The molecule has 2 aromatic heterocycles. The van der Waals surface area contributed by atoms with Gasteiger partial charge >= 0.3 is 0 Å². The zero-order valence-electron chi connectivity index (χ0n) is 23.5. The zero-order valence-corrected chi connectivity index (χ0v) is 24.3. The molecule has 1 aliphatic rings. The number of aliphatic hydroxyl groups is 1. The molecule has 1 amide bonds. The first-order valence-corrected chi connectivity index (χ1v) is 14.2. The lowest BCUT2D eigenvalue weighted by Gasteiger charge is -2.24. The SMILES string of the molecule is COc1cccc2cc(C(=O)C3=C(O)C(=O)N(c4nc(C)c(C(C)=O)s4)C3c3cccc(OCc4ccccc4)c3)oc12. The fraction of sp³-hybridized carbons (Fsp3) is 0.152. The van der Waals surface area contributed by atoms with Gasteiger partial charge in [-0.1, -0.05) is 65.9 Å². The van der Waals surface area contributed by atoms with Crippen molar-refractivity contribution in [2.75, 3.05) is 12.0 Å². The summed E-state index contributed by atoms with van der Waals surface area (Å²) in [5.74, 6) is -1.56. The van der Waals surface area contributed by atoms with E-state index in [0.29, 0.717) is 45.2 Å². The van der Waals surface area contributed by atoms with Gasteiger partial charge < -0.3 is 19.0 Å². The Bertz CT molecular complexity index is 1920. The van der Waals surface area contributed by atoms with Crippen LogP contribution >= 0.6 is 11.3 Å². The number of hydrogen-bond donors (Lipinski definition) is 1. The number of ether oxygens (including phenoxy) is 2. The van der Waals surface area contributed by atoms with Crippen molar-refractivity contribution < 1.29 is 33.4 Å². The molecule has 3 aromatic carbocycles. The minimum Gasteiger partial charge on any atom is -0.503 e. The number of aromatic nitrogens is 1. The first kappa shape index (κ1) is 27.9. The van der Waals surface area contributed by atoms with E-state index in [1.807, 2.05) is 30.3 Å². The van der Waals surface area contributed by atoms with E-state index in [9.17, 15) is 19.5 Å². The highest BCUT2D eigenvalue weighted by molar-refractivity contribution is 7.17. The maximum absolute atomic E-state index is 14.1. The predicted molar refractivity (Wildman–Crippen MR) is 161 cm³/mol. The maximum atomic E-state index is 14.1. The molecule has 0 saturated carbocycles. The van der Waals surface area contributed by atoms with Crippen LogP contribution in [0.3, 0.4) is 0 Å². The van der Waals surface area contributed by atoms with E-state index < -0.39 is 23.5 Å². The van der Waals surface area contributed by atoms with Crippen molar-refractivity contribution >= 4 is 44.9 Å². The maximum Gasteiger partial charge on any atom is 0.296 e. The largest absolute Gasteiger partial charge is 0.503 e. The molecule has 1 unspecified atom stereocenters. The summed E-state index contributed by atoms with van der Waals surface area (Å²) in [5.41, 5.74) is 2.10. The van der Waals surface area contributed by atoms with Gasteiger partial charge in [0, 0.05) is 12.3 Å². The van der Waals surface area contributed by atoms with Crippen LogP contribution in [0, 0.1) is 6.92 Å². The van der Waals surface area contributed by atoms with Crippen LogP contribution in [0.15, 0.2) is 94.6 Å². The number of para-hydroxylation sites is 1. The van der Waals surface area contributed by atoms with Crippen molar-refractivity contribution in [1.82, 2.24) is 4.98 Å². The average molecular weight is 595 g/mol. The standard InChI is InChI=1S/C33H26N2O7S/c1-18-31(19(2)36)43-33(34-18)35-27(21-11-7-13-23(15-21)41-17-20-9-5-4-6-10-20)26(29(38)32(35)39)28(37)25-16-22-12-8-14-24(40-3)30(22)42-25/h4-16,27,38H,17H2,1-3H3. The van der Waals surface area contributed by atoms with Gasteiger partial charge in [-0.05, 0) is 42.3 Å². The number of hydrogen-bond acceptors (Lipinski definition) is 9. The van der Waals surface area contributed by atoms with Crippen LogP contribution in [-0.4, -0.2) is 34.7 Å². The number of aryl methyl sites for hydroxylation is 1. The molecule has 0 fully saturated rings. The number of benzene rings is 3. The molecular formula is C33H26N2O7S. The molecule has 6 rings (SSSR count). The van der Waals surface area contributed by atoms with E-state index in [-0.39, 0.29) is 22.2 Å². The van der Waals surface area contributed by atoms with Gasteiger partial charge in [0.2, 0.25) is 5.78 Å². The lowest BCUT2D eigenvalue weighted by molar-refractivity contribution is -0.117. The third-order valence-electron chi connectivity index (χ3n) is 7.14. The molecule has 0 bridgehead atoms. The summed E-state index contributed by atoms with van der Waals surface area (Å²) in [6, 6.07) is 22.3. The highest BCUT2D eigenvalue weighted by Crippen LogP contribution is 2.45. The molecule has 1 N–H and O–H groups in total. The number of anilines is 1. The van der Waals surface area contributed by atoms with Crippen LogP contribution in [0.4, 0.5) is 5.13 Å². The van der Waals surface area contributed by atoms with Gasteiger partial charge in [-0.25, -0.2) is 4.98 Å². The van der Waals surface area contributed by atoms with Crippen LogP contribution in [0.2, 0.25) is 0 Å². The molecule has 5 aromatic rings. The number of Topliss-reactive ketones (excluding diaryl/α,β-unsaturated/α-hetero) is 2. The number of thiazole rings is 1. The molecule has 10 heteroatoms. The molecule has 3 heterocycles. The molecule has 1 atom stereocenters. The van der Waals surface area contributed by atoms with Crippen molar-refractivity contribution in [3.63, 3.8) is 0 Å². The normalized spacial score (nSPS) is 14.9. The van der Waals surface area contributed by atoms with Gasteiger partial charge in [-0.3, -0.25) is 19.3 Å². The first-order chi connectivity index (χ1) is 20.8. The molecule has 0 saturated heterocycles. The Kier molecular flexibility index (Phi) is 7.29. The number of furan rings is 1. The summed E-state index contributed by atoms with van der Waals surface area (Å²) in [6.07, 6.45) is 0. The van der Waals surface area contributed by atoms with E-state index in [0.717, 1.165) is 16.9 Å². The van der Waals surface area contributed by atoms with Gasteiger partial charge in [0.05, 0.1) is 29.3 Å². The minimum absolute atomic E-state index is 0.0723. The fourth-order valence-electron chi connectivity index (χ4n) is 5.12. The molecule has 9 nitrogen and oxygen atoms in total. The number of fused-ring (bicyclic) bond motifs is 1. The van der Waals surface area contributed by atoms with E-state index in [1.54, 1.807) is 55.5 Å². The van der Waals surface area contributed by atoms with Crippen molar-refractivity contribution in [2.45, 2.75) is 26.5 Å². The summed E-state index contributed by atoms with van der Waals surface area (Å²) in [5, 5.41) is 12.0. The second-order valence-corrected chi connectivity index (χ2v) is 10.9. The number of rotatable bonds is 9. The summed E-state index contributed by atoms with van der Waals surface area (Å²) in [7, 11) is 1.49. The van der Waals surface area contributed by atoms with Gasteiger partial charge in [0.15, 0.2) is 33.8 Å². The zero-order chi connectivity index (χ0) is 30.2. The molecule has 0 aliphatic carbocycles. The minimum atomic E-state index is -1.08. The van der Waals surface area contributed by atoms with Crippen molar-refractivity contribution in [3.05, 3.63) is 118 Å². The Morgan fingerprint density at radius 2 is 1.81 bits per heavy atom.